The fourth-order valence-electron chi connectivity index (χ4n) is 4.24. The van der Waals surface area contributed by atoms with Crippen LogP contribution >= 0.6 is 12.4 Å². The molecule has 1 aromatic heterocycles. The van der Waals surface area contributed by atoms with E-state index in [-0.39, 0.29) is 18.3 Å². The van der Waals surface area contributed by atoms with E-state index in [4.69, 9.17) is 5.10 Å². The molecule has 1 aliphatic carbocycles. The standard InChI is InChI=1S/C23H24N4O.ClH/c1-15-5-9-19(10-6-15)27-21-4-2-3-20(21)22(26-27)23(28)25-12-16-7-8-17-13-24-14-18(17)11-16;/h5-11,24H,2-4,12-14H2,1H3,(H,25,28);1H. The van der Waals surface area contributed by atoms with Gasteiger partial charge in [-0.3, -0.25) is 4.79 Å². The highest BCUT2D eigenvalue weighted by atomic mass is 35.5. The summed E-state index contributed by atoms with van der Waals surface area (Å²) in [5.41, 5.74) is 8.92. The van der Waals surface area contributed by atoms with Crippen LogP contribution in [0.3, 0.4) is 0 Å². The van der Waals surface area contributed by atoms with E-state index in [1.165, 1.54) is 22.4 Å². The average molecular weight is 409 g/mol. The molecule has 0 atom stereocenters. The molecule has 5 rings (SSSR count). The van der Waals surface area contributed by atoms with Crippen LogP contribution < -0.4 is 10.6 Å². The summed E-state index contributed by atoms with van der Waals surface area (Å²) in [6.45, 7) is 4.44. The molecule has 2 aromatic carbocycles. The Bertz CT molecular complexity index is 1060. The van der Waals surface area contributed by atoms with Crippen molar-refractivity contribution in [1.29, 1.82) is 0 Å². The summed E-state index contributed by atoms with van der Waals surface area (Å²) in [7, 11) is 0. The van der Waals surface area contributed by atoms with Crippen molar-refractivity contribution in [2.75, 3.05) is 0 Å². The van der Waals surface area contributed by atoms with Crippen LogP contribution in [0.2, 0.25) is 0 Å². The molecule has 5 nitrogen and oxygen atoms in total. The second-order valence-corrected chi connectivity index (χ2v) is 7.76. The third-order valence-corrected chi connectivity index (χ3v) is 5.78. The average Bonchev–Trinajstić information content (AvgIpc) is 3.42. The summed E-state index contributed by atoms with van der Waals surface area (Å²) in [4.78, 5) is 12.9. The summed E-state index contributed by atoms with van der Waals surface area (Å²) in [6, 6.07) is 14.7. The van der Waals surface area contributed by atoms with Gasteiger partial charge in [0.25, 0.3) is 5.91 Å². The largest absolute Gasteiger partial charge is 0.347 e. The molecule has 2 heterocycles. The van der Waals surface area contributed by atoms with Crippen LogP contribution in [0, 0.1) is 6.92 Å². The number of carbonyl (C=O) groups excluding carboxylic acids is 1. The third kappa shape index (κ3) is 3.68. The predicted molar refractivity (Wildman–Crippen MR) is 116 cm³/mol. The molecular weight excluding hydrogens is 384 g/mol. The van der Waals surface area contributed by atoms with Gasteiger partial charge in [-0.25, -0.2) is 4.68 Å². The van der Waals surface area contributed by atoms with Gasteiger partial charge in [0, 0.05) is 30.9 Å². The molecule has 6 heteroatoms. The van der Waals surface area contributed by atoms with Gasteiger partial charge in [-0.05, 0) is 55.0 Å². The number of fused-ring (bicyclic) bond motifs is 2. The van der Waals surface area contributed by atoms with Crippen LogP contribution in [0.4, 0.5) is 0 Å². The minimum atomic E-state index is -0.0809. The number of benzene rings is 2. The summed E-state index contributed by atoms with van der Waals surface area (Å²) >= 11 is 0. The monoisotopic (exact) mass is 408 g/mol. The van der Waals surface area contributed by atoms with E-state index in [1.807, 2.05) is 4.68 Å². The zero-order valence-corrected chi connectivity index (χ0v) is 17.3. The molecule has 0 bridgehead atoms. The molecule has 1 aliphatic heterocycles. The minimum Gasteiger partial charge on any atom is -0.347 e. The lowest BCUT2D eigenvalue weighted by molar-refractivity contribution is 0.0944. The van der Waals surface area contributed by atoms with E-state index in [2.05, 4.69) is 60.0 Å². The van der Waals surface area contributed by atoms with Crippen LogP contribution in [0.5, 0.6) is 0 Å². The van der Waals surface area contributed by atoms with Gasteiger partial charge < -0.3 is 10.6 Å². The van der Waals surface area contributed by atoms with Crippen LogP contribution in [0.15, 0.2) is 42.5 Å². The van der Waals surface area contributed by atoms with Crippen molar-refractivity contribution in [2.45, 2.75) is 45.8 Å². The van der Waals surface area contributed by atoms with Crippen molar-refractivity contribution in [3.63, 3.8) is 0 Å². The lowest BCUT2D eigenvalue weighted by Gasteiger charge is -2.07. The number of hydrogen-bond donors (Lipinski definition) is 2. The Labute approximate surface area is 176 Å². The van der Waals surface area contributed by atoms with E-state index < -0.39 is 0 Å². The number of aryl methyl sites for hydroxylation is 1. The first-order valence-corrected chi connectivity index (χ1v) is 9.96. The molecule has 0 spiro atoms. The maximum atomic E-state index is 12.9. The van der Waals surface area contributed by atoms with Gasteiger partial charge in [-0.15, -0.1) is 12.4 Å². The van der Waals surface area contributed by atoms with Crippen molar-refractivity contribution >= 4 is 18.3 Å². The number of halogens is 1. The third-order valence-electron chi connectivity index (χ3n) is 5.78. The molecular formula is C23H25ClN4O. The molecule has 29 heavy (non-hydrogen) atoms. The molecule has 150 valence electrons. The molecule has 2 N–H and O–H groups in total. The van der Waals surface area contributed by atoms with Crippen LogP contribution in [0.25, 0.3) is 5.69 Å². The van der Waals surface area contributed by atoms with Crippen molar-refractivity contribution in [3.8, 4) is 5.69 Å². The number of amides is 1. The van der Waals surface area contributed by atoms with Gasteiger partial charge in [0.1, 0.15) is 0 Å². The fraction of sp³-hybridized carbons (Fsp3) is 0.304. The second kappa shape index (κ2) is 8.01. The molecule has 1 amide bonds. The van der Waals surface area contributed by atoms with E-state index in [1.54, 1.807) is 0 Å². The van der Waals surface area contributed by atoms with Crippen molar-refractivity contribution < 1.29 is 4.79 Å². The normalized spacial score (nSPS) is 14.2. The Kier molecular flexibility index (Phi) is 5.43. The van der Waals surface area contributed by atoms with E-state index in [9.17, 15) is 4.79 Å². The molecule has 0 saturated heterocycles. The Balaban J connectivity index is 0.00000205. The van der Waals surface area contributed by atoms with E-state index in [0.717, 1.165) is 49.2 Å². The topological polar surface area (TPSA) is 59.0 Å². The second-order valence-electron chi connectivity index (χ2n) is 7.76. The van der Waals surface area contributed by atoms with E-state index >= 15 is 0 Å². The molecule has 2 aliphatic rings. The first-order valence-electron chi connectivity index (χ1n) is 9.96. The highest BCUT2D eigenvalue weighted by Gasteiger charge is 2.26. The van der Waals surface area contributed by atoms with Gasteiger partial charge in [0.15, 0.2) is 5.69 Å². The smallest absolute Gasteiger partial charge is 0.272 e. The Morgan fingerprint density at radius 3 is 2.72 bits per heavy atom. The predicted octanol–water partition coefficient (Wildman–Crippen LogP) is 3.62. The molecule has 0 fully saturated rings. The molecule has 3 aromatic rings. The number of carbonyl (C=O) groups is 1. The summed E-state index contributed by atoms with van der Waals surface area (Å²) in [6.07, 6.45) is 2.98. The summed E-state index contributed by atoms with van der Waals surface area (Å²) in [5, 5.41) is 11.1. The van der Waals surface area contributed by atoms with Gasteiger partial charge in [0.2, 0.25) is 0 Å². The van der Waals surface area contributed by atoms with Gasteiger partial charge in [0.05, 0.1) is 5.69 Å². The minimum absolute atomic E-state index is 0. The highest BCUT2D eigenvalue weighted by Crippen LogP contribution is 2.28. The molecule has 0 unspecified atom stereocenters. The summed E-state index contributed by atoms with van der Waals surface area (Å²) < 4.78 is 1.96. The summed E-state index contributed by atoms with van der Waals surface area (Å²) in [5.74, 6) is -0.0809. The highest BCUT2D eigenvalue weighted by molar-refractivity contribution is 5.94. The van der Waals surface area contributed by atoms with Crippen LogP contribution in [-0.4, -0.2) is 15.7 Å². The zero-order valence-electron chi connectivity index (χ0n) is 16.5. The number of nitrogens with zero attached hydrogens (tertiary/aromatic N) is 2. The number of aromatic nitrogens is 2. The Morgan fingerprint density at radius 1 is 1.10 bits per heavy atom. The van der Waals surface area contributed by atoms with Crippen molar-refractivity contribution in [1.82, 2.24) is 20.4 Å². The fourth-order valence-corrected chi connectivity index (χ4v) is 4.24. The Morgan fingerprint density at radius 2 is 1.90 bits per heavy atom. The van der Waals surface area contributed by atoms with Gasteiger partial charge in [-0.1, -0.05) is 35.9 Å². The number of rotatable bonds is 4. The maximum Gasteiger partial charge on any atom is 0.272 e. The van der Waals surface area contributed by atoms with Gasteiger partial charge in [-0.2, -0.15) is 5.10 Å². The van der Waals surface area contributed by atoms with Crippen molar-refractivity contribution in [2.24, 2.45) is 0 Å². The van der Waals surface area contributed by atoms with Gasteiger partial charge >= 0.3 is 0 Å². The zero-order chi connectivity index (χ0) is 19.1. The van der Waals surface area contributed by atoms with Crippen LogP contribution in [0.1, 0.15) is 50.4 Å². The quantitative estimate of drug-likeness (QED) is 0.693. The molecule has 0 saturated carbocycles. The first kappa shape index (κ1) is 19.7. The maximum absolute atomic E-state index is 12.9. The first-order chi connectivity index (χ1) is 13.7. The number of hydrogen-bond acceptors (Lipinski definition) is 3. The van der Waals surface area contributed by atoms with Crippen LogP contribution in [-0.2, 0) is 32.5 Å². The number of nitrogens with one attached hydrogen (secondary N) is 2. The van der Waals surface area contributed by atoms with Crippen molar-refractivity contribution in [3.05, 3.63) is 81.7 Å². The SMILES string of the molecule is Cc1ccc(-n2nc(C(=O)NCc3ccc4c(c3)CNC4)c3c2CCC3)cc1.Cl. The Hall–Kier alpha value is -2.63. The molecule has 0 radical (unpaired) electrons. The van der Waals surface area contributed by atoms with E-state index in [0.29, 0.717) is 12.2 Å². The lowest BCUT2D eigenvalue weighted by Crippen LogP contribution is -2.24. The lowest BCUT2D eigenvalue weighted by atomic mass is 10.1.